The molecule has 0 atom stereocenters. The molecule has 1 aromatic heterocycles. The Morgan fingerprint density at radius 1 is 1.24 bits per heavy atom. The number of benzene rings is 1. The molecule has 17 heavy (non-hydrogen) atoms. The summed E-state index contributed by atoms with van der Waals surface area (Å²) in [6.45, 7) is 0. The van der Waals surface area contributed by atoms with Crippen molar-refractivity contribution in [1.82, 2.24) is 0 Å². The fourth-order valence-corrected chi connectivity index (χ4v) is 2.30. The molecule has 0 unspecified atom stereocenters. The van der Waals surface area contributed by atoms with Crippen molar-refractivity contribution >= 4 is 17.1 Å². The molecule has 88 valence electrons. The number of Topliss-reactive ketones (excluding diaryl/α,β-unsaturated/α-hetero) is 1. The van der Waals surface area contributed by atoms with Crippen LogP contribution in [0.15, 0.2) is 41.8 Å². The van der Waals surface area contributed by atoms with Crippen LogP contribution in [0.2, 0.25) is 0 Å². The Bertz CT molecular complexity index is 471. The monoisotopic (exact) mass is 246 g/mol. The summed E-state index contributed by atoms with van der Waals surface area (Å²) in [6, 6.07) is 11.6. The van der Waals surface area contributed by atoms with Gasteiger partial charge >= 0.3 is 0 Å². The summed E-state index contributed by atoms with van der Waals surface area (Å²) in [5.74, 6) is 1.06. The average molecular weight is 246 g/mol. The van der Waals surface area contributed by atoms with Crippen molar-refractivity contribution < 1.29 is 9.53 Å². The molecule has 2 rings (SSSR count). The van der Waals surface area contributed by atoms with Gasteiger partial charge in [0.2, 0.25) is 0 Å². The Hall–Kier alpha value is -1.61. The molecule has 1 aromatic carbocycles. The SMILES string of the molecule is COc1ccc(CCC(=O)c2cccs2)cc1. The van der Waals surface area contributed by atoms with Crippen molar-refractivity contribution in [3.8, 4) is 5.75 Å². The summed E-state index contributed by atoms with van der Waals surface area (Å²) >= 11 is 1.50. The maximum Gasteiger partial charge on any atom is 0.173 e. The first kappa shape index (κ1) is 11.9. The highest BCUT2D eigenvalue weighted by Crippen LogP contribution is 2.15. The predicted molar refractivity (Wildman–Crippen MR) is 70.0 cm³/mol. The largest absolute Gasteiger partial charge is 0.497 e. The van der Waals surface area contributed by atoms with Gasteiger partial charge in [0.05, 0.1) is 12.0 Å². The van der Waals surface area contributed by atoms with Crippen molar-refractivity contribution in [1.29, 1.82) is 0 Å². The van der Waals surface area contributed by atoms with Crippen molar-refractivity contribution in [2.45, 2.75) is 12.8 Å². The van der Waals surface area contributed by atoms with Gasteiger partial charge in [-0.2, -0.15) is 0 Å². The standard InChI is InChI=1S/C14H14O2S/c1-16-12-7-4-11(5-8-12)6-9-13(15)14-3-2-10-17-14/h2-5,7-8,10H,6,9H2,1H3. The number of rotatable bonds is 5. The molecule has 3 heteroatoms. The summed E-state index contributed by atoms with van der Waals surface area (Å²) < 4.78 is 5.09. The van der Waals surface area contributed by atoms with E-state index < -0.39 is 0 Å². The predicted octanol–water partition coefficient (Wildman–Crippen LogP) is 3.57. The molecule has 2 nitrogen and oxygen atoms in total. The summed E-state index contributed by atoms with van der Waals surface area (Å²) in [7, 11) is 1.65. The van der Waals surface area contributed by atoms with Gasteiger partial charge in [0.1, 0.15) is 5.75 Å². The van der Waals surface area contributed by atoms with Crippen LogP contribution in [0, 0.1) is 0 Å². The van der Waals surface area contributed by atoms with Gasteiger partial charge in [-0.15, -0.1) is 11.3 Å². The number of methoxy groups -OCH3 is 1. The minimum atomic E-state index is 0.218. The van der Waals surface area contributed by atoms with Crippen LogP contribution in [0.1, 0.15) is 21.7 Å². The highest BCUT2D eigenvalue weighted by atomic mass is 32.1. The van der Waals surface area contributed by atoms with E-state index in [1.807, 2.05) is 41.8 Å². The molecule has 0 aliphatic carbocycles. The third kappa shape index (κ3) is 3.17. The number of ether oxygens (including phenoxy) is 1. The second kappa shape index (κ2) is 5.64. The first-order valence-electron chi connectivity index (χ1n) is 5.49. The molecule has 0 spiro atoms. The fourth-order valence-electron chi connectivity index (χ4n) is 1.61. The van der Waals surface area contributed by atoms with E-state index in [1.54, 1.807) is 7.11 Å². The quantitative estimate of drug-likeness (QED) is 0.754. The minimum Gasteiger partial charge on any atom is -0.497 e. The van der Waals surface area contributed by atoms with E-state index in [9.17, 15) is 4.79 Å². The van der Waals surface area contributed by atoms with Gasteiger partial charge in [-0.05, 0) is 35.6 Å². The Balaban J connectivity index is 1.91. The van der Waals surface area contributed by atoms with Gasteiger partial charge in [0.15, 0.2) is 5.78 Å². The van der Waals surface area contributed by atoms with Crippen molar-refractivity contribution in [3.63, 3.8) is 0 Å². The maximum atomic E-state index is 11.8. The van der Waals surface area contributed by atoms with E-state index in [0.29, 0.717) is 6.42 Å². The van der Waals surface area contributed by atoms with Gasteiger partial charge in [-0.1, -0.05) is 18.2 Å². The van der Waals surface area contributed by atoms with Gasteiger partial charge in [0, 0.05) is 6.42 Å². The van der Waals surface area contributed by atoms with E-state index in [-0.39, 0.29) is 5.78 Å². The number of thiophene rings is 1. The summed E-state index contributed by atoms with van der Waals surface area (Å²) in [6.07, 6.45) is 1.34. The van der Waals surface area contributed by atoms with Gasteiger partial charge in [-0.25, -0.2) is 0 Å². The van der Waals surface area contributed by atoms with Crippen molar-refractivity contribution in [2.75, 3.05) is 7.11 Å². The maximum absolute atomic E-state index is 11.8. The number of carbonyl (C=O) groups is 1. The molecular formula is C14H14O2S. The van der Waals surface area contributed by atoms with Crippen molar-refractivity contribution in [3.05, 3.63) is 52.2 Å². The first-order valence-corrected chi connectivity index (χ1v) is 6.37. The van der Waals surface area contributed by atoms with Crippen LogP contribution in [0.3, 0.4) is 0 Å². The zero-order chi connectivity index (χ0) is 12.1. The fraction of sp³-hybridized carbons (Fsp3) is 0.214. The zero-order valence-corrected chi connectivity index (χ0v) is 10.5. The minimum absolute atomic E-state index is 0.218. The van der Waals surface area contributed by atoms with Crippen molar-refractivity contribution in [2.24, 2.45) is 0 Å². The highest BCUT2D eigenvalue weighted by Gasteiger charge is 2.06. The Morgan fingerprint density at radius 3 is 2.59 bits per heavy atom. The molecule has 0 amide bonds. The van der Waals surface area contributed by atoms with Crippen LogP contribution in [0.5, 0.6) is 5.75 Å². The molecule has 1 heterocycles. The van der Waals surface area contributed by atoms with Crippen LogP contribution < -0.4 is 4.74 Å². The number of hydrogen-bond acceptors (Lipinski definition) is 3. The Kier molecular flexibility index (Phi) is 3.94. The number of carbonyl (C=O) groups excluding carboxylic acids is 1. The summed E-state index contributed by atoms with van der Waals surface area (Å²) in [5.41, 5.74) is 1.16. The third-order valence-electron chi connectivity index (χ3n) is 2.60. The lowest BCUT2D eigenvalue weighted by Crippen LogP contribution is -1.98. The van der Waals surface area contributed by atoms with E-state index in [4.69, 9.17) is 4.74 Å². The highest BCUT2D eigenvalue weighted by molar-refractivity contribution is 7.12. The first-order chi connectivity index (χ1) is 8.29. The third-order valence-corrected chi connectivity index (χ3v) is 3.51. The van der Waals surface area contributed by atoms with E-state index in [1.165, 1.54) is 11.3 Å². The molecule has 0 aliphatic rings. The molecule has 0 saturated carbocycles. The molecular weight excluding hydrogens is 232 g/mol. The molecule has 0 bridgehead atoms. The van der Waals surface area contributed by atoms with Gasteiger partial charge in [-0.3, -0.25) is 4.79 Å². The summed E-state index contributed by atoms with van der Waals surface area (Å²) in [4.78, 5) is 12.6. The van der Waals surface area contributed by atoms with Crippen LogP contribution in [0.4, 0.5) is 0 Å². The lowest BCUT2D eigenvalue weighted by molar-refractivity contribution is 0.0987. The molecule has 0 aliphatic heterocycles. The molecule has 0 N–H and O–H groups in total. The molecule has 0 fully saturated rings. The number of ketones is 1. The van der Waals surface area contributed by atoms with Crippen LogP contribution in [-0.4, -0.2) is 12.9 Å². The molecule has 0 saturated heterocycles. The average Bonchev–Trinajstić information content (AvgIpc) is 2.90. The Morgan fingerprint density at radius 2 is 2.00 bits per heavy atom. The second-order valence-electron chi connectivity index (χ2n) is 3.75. The topological polar surface area (TPSA) is 26.3 Å². The molecule has 0 radical (unpaired) electrons. The number of aryl methyl sites for hydroxylation is 1. The van der Waals surface area contributed by atoms with Crippen LogP contribution in [-0.2, 0) is 6.42 Å². The van der Waals surface area contributed by atoms with Gasteiger partial charge in [0.25, 0.3) is 0 Å². The zero-order valence-electron chi connectivity index (χ0n) is 9.68. The lowest BCUT2D eigenvalue weighted by Gasteiger charge is -2.02. The number of hydrogen-bond donors (Lipinski definition) is 0. The van der Waals surface area contributed by atoms with E-state index in [2.05, 4.69) is 0 Å². The lowest BCUT2D eigenvalue weighted by atomic mass is 10.1. The molecule has 2 aromatic rings. The smallest absolute Gasteiger partial charge is 0.173 e. The van der Waals surface area contributed by atoms with E-state index in [0.717, 1.165) is 22.6 Å². The summed E-state index contributed by atoms with van der Waals surface area (Å²) in [5, 5.41) is 1.93. The van der Waals surface area contributed by atoms with Crippen LogP contribution >= 0.6 is 11.3 Å². The normalized spacial score (nSPS) is 10.2. The van der Waals surface area contributed by atoms with Gasteiger partial charge < -0.3 is 4.74 Å². The van der Waals surface area contributed by atoms with Crippen LogP contribution in [0.25, 0.3) is 0 Å². The van der Waals surface area contributed by atoms with E-state index >= 15 is 0 Å². The Labute approximate surface area is 105 Å². The second-order valence-corrected chi connectivity index (χ2v) is 4.70.